The fourth-order valence-electron chi connectivity index (χ4n) is 4.64. The first kappa shape index (κ1) is 19.5. The molecule has 1 aliphatic heterocycles. The van der Waals surface area contributed by atoms with Crippen LogP contribution >= 0.6 is 0 Å². The predicted octanol–water partition coefficient (Wildman–Crippen LogP) is 3.40. The molecular formula is C23H23FN4O3. The molecule has 3 atom stereocenters. The molecule has 5 rings (SSSR count). The van der Waals surface area contributed by atoms with Crippen LogP contribution < -0.4 is 15.8 Å². The number of carboxylic acid groups (broad SMARTS) is 1. The van der Waals surface area contributed by atoms with Gasteiger partial charge in [-0.05, 0) is 49.4 Å². The number of carbonyl (C=O) groups is 1. The molecule has 160 valence electrons. The van der Waals surface area contributed by atoms with Crippen molar-refractivity contribution >= 4 is 28.5 Å². The van der Waals surface area contributed by atoms with Crippen LogP contribution in [0, 0.1) is 17.7 Å². The molecule has 0 unspecified atom stereocenters. The van der Waals surface area contributed by atoms with E-state index in [-0.39, 0.29) is 16.5 Å². The highest BCUT2D eigenvalue weighted by atomic mass is 19.1. The number of halogens is 1. The Kier molecular flexibility index (Phi) is 4.46. The van der Waals surface area contributed by atoms with Gasteiger partial charge in [-0.15, -0.1) is 0 Å². The first-order valence-electron chi connectivity index (χ1n) is 10.4. The quantitative estimate of drug-likeness (QED) is 0.655. The van der Waals surface area contributed by atoms with E-state index < -0.39 is 17.8 Å². The van der Waals surface area contributed by atoms with Crippen LogP contribution in [-0.4, -0.2) is 33.7 Å². The first-order chi connectivity index (χ1) is 14.8. The summed E-state index contributed by atoms with van der Waals surface area (Å²) in [6, 6.07) is 8.66. The van der Waals surface area contributed by atoms with E-state index in [1.54, 1.807) is 32.2 Å². The third-order valence-corrected chi connectivity index (χ3v) is 6.41. The van der Waals surface area contributed by atoms with Gasteiger partial charge in [0.15, 0.2) is 0 Å². The molecule has 8 heteroatoms. The summed E-state index contributed by atoms with van der Waals surface area (Å²) in [5.74, 6) is 0.357. The van der Waals surface area contributed by atoms with Crippen molar-refractivity contribution in [3.05, 3.63) is 63.7 Å². The molecule has 1 saturated heterocycles. The van der Waals surface area contributed by atoms with E-state index in [0.29, 0.717) is 34.6 Å². The zero-order valence-electron chi connectivity index (χ0n) is 17.3. The van der Waals surface area contributed by atoms with Crippen molar-refractivity contribution < 1.29 is 14.3 Å². The van der Waals surface area contributed by atoms with E-state index in [1.165, 1.54) is 29.2 Å². The molecule has 3 aromatic rings. The lowest BCUT2D eigenvalue weighted by atomic mass is 10.0. The van der Waals surface area contributed by atoms with Crippen molar-refractivity contribution in [2.75, 3.05) is 23.3 Å². The van der Waals surface area contributed by atoms with Gasteiger partial charge in [-0.1, -0.05) is 12.1 Å². The Hall–Kier alpha value is -3.42. The molecule has 2 fully saturated rings. The van der Waals surface area contributed by atoms with Gasteiger partial charge in [0.2, 0.25) is 5.95 Å². The molecule has 0 bridgehead atoms. The van der Waals surface area contributed by atoms with Crippen LogP contribution in [-0.2, 0) is 7.05 Å². The van der Waals surface area contributed by atoms with Gasteiger partial charge in [0.05, 0.1) is 22.5 Å². The van der Waals surface area contributed by atoms with Gasteiger partial charge < -0.3 is 15.3 Å². The average Bonchev–Trinajstić information content (AvgIpc) is 3.35. The van der Waals surface area contributed by atoms with Gasteiger partial charge >= 0.3 is 5.97 Å². The maximum Gasteiger partial charge on any atom is 0.337 e. The van der Waals surface area contributed by atoms with E-state index >= 15 is 0 Å². The van der Waals surface area contributed by atoms with Crippen molar-refractivity contribution in [3.63, 3.8) is 0 Å². The first-order valence-corrected chi connectivity index (χ1v) is 10.4. The summed E-state index contributed by atoms with van der Waals surface area (Å²) in [6.45, 7) is 3.57. The van der Waals surface area contributed by atoms with Crippen molar-refractivity contribution in [1.29, 1.82) is 0 Å². The highest BCUT2D eigenvalue weighted by Crippen LogP contribution is 2.46. The molecule has 0 spiro atoms. The second kappa shape index (κ2) is 7.08. The molecule has 1 aromatic heterocycles. The van der Waals surface area contributed by atoms with E-state index in [4.69, 9.17) is 4.98 Å². The van der Waals surface area contributed by atoms with Crippen LogP contribution in [0.5, 0.6) is 0 Å². The Morgan fingerprint density at radius 2 is 1.97 bits per heavy atom. The molecule has 2 heterocycles. The Bertz CT molecular complexity index is 1260. The van der Waals surface area contributed by atoms with Crippen LogP contribution in [0.3, 0.4) is 0 Å². The number of hydrogen-bond acceptors (Lipinski definition) is 5. The summed E-state index contributed by atoms with van der Waals surface area (Å²) < 4.78 is 16.0. The number of hydrogen-bond donors (Lipinski definition) is 2. The number of para-hydroxylation sites is 1. The largest absolute Gasteiger partial charge is 0.478 e. The molecule has 1 saturated carbocycles. The topological polar surface area (TPSA) is 87.5 Å². The molecular weight excluding hydrogens is 399 g/mol. The Labute approximate surface area is 178 Å². The smallest absolute Gasteiger partial charge is 0.337 e. The average molecular weight is 422 g/mol. The van der Waals surface area contributed by atoms with Crippen molar-refractivity contribution in [3.8, 4) is 0 Å². The number of rotatable bonds is 5. The standard InChI is InChI=1S/C23H23FN4O3/c1-12(25-19-6-4-3-5-16(19)22(30)31)17-8-15(24)9-18-20(17)26-23(27(2)21(18)29)28-10-13-7-14(13)11-28/h3-6,8-9,12-14,25H,7,10-11H2,1-2H3,(H,30,31)/t12-,13-,14+/m1/s1. The van der Waals surface area contributed by atoms with Crippen LogP contribution in [0.25, 0.3) is 10.9 Å². The highest BCUT2D eigenvalue weighted by molar-refractivity contribution is 5.94. The fraction of sp³-hybridized carbons (Fsp3) is 0.348. The Morgan fingerprint density at radius 1 is 1.26 bits per heavy atom. The lowest BCUT2D eigenvalue weighted by Gasteiger charge is -2.23. The molecule has 2 N–H and O–H groups in total. The van der Waals surface area contributed by atoms with Crippen molar-refractivity contribution in [2.24, 2.45) is 18.9 Å². The second-order valence-electron chi connectivity index (χ2n) is 8.54. The number of carboxylic acids is 1. The lowest BCUT2D eigenvalue weighted by molar-refractivity contribution is 0.0698. The van der Waals surface area contributed by atoms with Crippen LogP contribution in [0.2, 0.25) is 0 Å². The molecule has 7 nitrogen and oxygen atoms in total. The number of benzene rings is 2. The number of anilines is 2. The van der Waals surface area contributed by atoms with Crippen molar-refractivity contribution in [1.82, 2.24) is 9.55 Å². The zero-order valence-corrected chi connectivity index (χ0v) is 17.3. The fourth-order valence-corrected chi connectivity index (χ4v) is 4.64. The molecule has 31 heavy (non-hydrogen) atoms. The normalized spacial score (nSPS) is 20.5. The SMILES string of the molecule is C[C@@H](Nc1ccccc1C(=O)O)c1cc(F)cc2c(=O)n(C)c(N3C[C@H]4C[C@H]4C3)nc12. The Morgan fingerprint density at radius 3 is 2.68 bits per heavy atom. The minimum atomic E-state index is -1.05. The minimum Gasteiger partial charge on any atom is -0.478 e. The molecule has 1 aliphatic carbocycles. The summed E-state index contributed by atoms with van der Waals surface area (Å²) >= 11 is 0. The van der Waals surface area contributed by atoms with Crippen LogP contribution in [0.4, 0.5) is 16.0 Å². The number of piperidine rings is 1. The van der Waals surface area contributed by atoms with Gasteiger partial charge in [-0.3, -0.25) is 9.36 Å². The molecule has 2 aliphatic rings. The third-order valence-electron chi connectivity index (χ3n) is 6.41. The third kappa shape index (κ3) is 3.32. The molecule has 0 amide bonds. The van der Waals surface area contributed by atoms with Crippen molar-refractivity contribution in [2.45, 2.75) is 19.4 Å². The predicted molar refractivity (Wildman–Crippen MR) is 116 cm³/mol. The number of aromatic nitrogens is 2. The highest BCUT2D eigenvalue weighted by Gasteiger charge is 2.46. The van der Waals surface area contributed by atoms with E-state index in [0.717, 1.165) is 13.1 Å². The summed E-state index contributed by atoms with van der Waals surface area (Å²) in [5, 5.41) is 12.8. The summed E-state index contributed by atoms with van der Waals surface area (Å²) in [4.78, 5) is 31.5. The summed E-state index contributed by atoms with van der Waals surface area (Å²) in [6.07, 6.45) is 1.23. The number of aromatic carboxylic acids is 1. The lowest BCUT2D eigenvalue weighted by Crippen LogP contribution is -2.31. The maximum absolute atomic E-state index is 14.5. The van der Waals surface area contributed by atoms with Gasteiger partial charge in [0.1, 0.15) is 5.82 Å². The summed E-state index contributed by atoms with van der Waals surface area (Å²) in [5.41, 5.74) is 1.20. The Balaban J connectivity index is 1.60. The van der Waals surface area contributed by atoms with E-state index in [9.17, 15) is 19.1 Å². The minimum absolute atomic E-state index is 0.121. The number of nitrogens with zero attached hydrogens (tertiary/aromatic N) is 3. The van der Waals surface area contributed by atoms with E-state index in [1.807, 2.05) is 0 Å². The van der Waals surface area contributed by atoms with Gasteiger partial charge in [0, 0.05) is 31.4 Å². The van der Waals surface area contributed by atoms with Crippen LogP contribution in [0.15, 0.2) is 41.2 Å². The second-order valence-corrected chi connectivity index (χ2v) is 8.54. The molecule has 0 radical (unpaired) electrons. The summed E-state index contributed by atoms with van der Waals surface area (Å²) in [7, 11) is 1.67. The zero-order chi connectivity index (χ0) is 21.9. The number of nitrogens with one attached hydrogen (secondary N) is 1. The monoisotopic (exact) mass is 422 g/mol. The maximum atomic E-state index is 14.5. The van der Waals surface area contributed by atoms with Gasteiger partial charge in [-0.2, -0.15) is 0 Å². The van der Waals surface area contributed by atoms with Crippen LogP contribution in [0.1, 0.15) is 35.3 Å². The van der Waals surface area contributed by atoms with Gasteiger partial charge in [-0.25, -0.2) is 14.2 Å². The molecule has 2 aromatic carbocycles. The number of fused-ring (bicyclic) bond motifs is 2. The van der Waals surface area contributed by atoms with E-state index in [2.05, 4.69) is 10.2 Å². The van der Waals surface area contributed by atoms with Gasteiger partial charge in [0.25, 0.3) is 5.56 Å².